The zero-order valence-electron chi connectivity index (χ0n) is 11.2. The van der Waals surface area contributed by atoms with Gasteiger partial charge in [0.05, 0.1) is 6.04 Å². The van der Waals surface area contributed by atoms with Crippen molar-refractivity contribution in [2.24, 2.45) is 0 Å². The predicted octanol–water partition coefficient (Wildman–Crippen LogP) is 5.92. The quantitative estimate of drug-likeness (QED) is 0.559. The van der Waals surface area contributed by atoms with E-state index in [9.17, 15) is 0 Å². The molecule has 0 aliphatic rings. The van der Waals surface area contributed by atoms with Crippen LogP contribution >= 0.6 is 43.5 Å². The number of halogens is 3. The van der Waals surface area contributed by atoms with Crippen LogP contribution in [0.4, 0.5) is 0 Å². The third-order valence-corrected chi connectivity index (χ3v) is 4.79. The Morgan fingerprint density at radius 2 is 1.90 bits per heavy atom. The molecular weight excluding hydrogens is 417 g/mol. The first kappa shape index (κ1) is 15.1. The summed E-state index contributed by atoms with van der Waals surface area (Å²) in [6.45, 7) is 0. The minimum atomic E-state index is -0.0388. The third-order valence-electron chi connectivity index (χ3n) is 3.34. The molecule has 0 amide bonds. The summed E-state index contributed by atoms with van der Waals surface area (Å²) in [5, 5.41) is 5.01. The largest absolute Gasteiger partial charge is 0.459 e. The lowest BCUT2D eigenvalue weighted by Crippen LogP contribution is -2.17. The zero-order chi connectivity index (χ0) is 15.0. The van der Waals surface area contributed by atoms with Gasteiger partial charge in [-0.2, -0.15) is 0 Å². The first-order chi connectivity index (χ1) is 10.1. The molecule has 3 aromatic rings. The van der Waals surface area contributed by atoms with E-state index in [1.807, 2.05) is 43.4 Å². The van der Waals surface area contributed by atoms with E-state index in [0.717, 1.165) is 31.2 Å². The van der Waals surface area contributed by atoms with Crippen molar-refractivity contribution in [2.75, 3.05) is 7.05 Å². The number of furan rings is 1. The van der Waals surface area contributed by atoms with Crippen molar-refractivity contribution in [3.8, 4) is 0 Å². The Balaban J connectivity index is 2.11. The number of nitrogens with one attached hydrogen (secondary N) is 1. The van der Waals surface area contributed by atoms with Crippen molar-refractivity contribution in [1.29, 1.82) is 0 Å². The lowest BCUT2D eigenvalue weighted by atomic mass is 10.0. The summed E-state index contributed by atoms with van der Waals surface area (Å²) in [5.74, 6) is 0.855. The highest BCUT2D eigenvalue weighted by Gasteiger charge is 2.19. The fourth-order valence-electron chi connectivity index (χ4n) is 2.36. The van der Waals surface area contributed by atoms with E-state index in [1.54, 1.807) is 0 Å². The summed E-state index contributed by atoms with van der Waals surface area (Å²) in [7, 11) is 1.91. The van der Waals surface area contributed by atoms with Crippen LogP contribution in [0.25, 0.3) is 11.0 Å². The Bertz CT molecular complexity index is 800. The summed E-state index contributed by atoms with van der Waals surface area (Å²) in [6.07, 6.45) is 0. The maximum atomic E-state index is 6.03. The van der Waals surface area contributed by atoms with Gasteiger partial charge in [-0.15, -0.1) is 0 Å². The number of benzene rings is 2. The highest BCUT2D eigenvalue weighted by Crippen LogP contribution is 2.34. The number of hydrogen-bond acceptors (Lipinski definition) is 2. The standard InChI is InChI=1S/C16H12Br2ClNO/c1-20-16(12-8-10(17)2-4-13(12)18)15-7-9-6-11(19)3-5-14(9)21-15/h2-8,16,20H,1H3. The van der Waals surface area contributed by atoms with E-state index < -0.39 is 0 Å². The van der Waals surface area contributed by atoms with Gasteiger partial charge in [-0.25, -0.2) is 0 Å². The van der Waals surface area contributed by atoms with Crippen LogP contribution in [0.3, 0.4) is 0 Å². The normalized spacial score (nSPS) is 12.8. The molecule has 0 saturated heterocycles. The van der Waals surface area contributed by atoms with Crippen molar-refractivity contribution in [1.82, 2.24) is 5.32 Å². The lowest BCUT2D eigenvalue weighted by molar-refractivity contribution is 0.491. The fraction of sp³-hybridized carbons (Fsp3) is 0.125. The number of rotatable bonds is 3. The van der Waals surface area contributed by atoms with Crippen LogP contribution in [0, 0.1) is 0 Å². The molecule has 0 aliphatic heterocycles. The van der Waals surface area contributed by atoms with Gasteiger partial charge >= 0.3 is 0 Å². The molecule has 0 saturated carbocycles. The molecule has 108 valence electrons. The summed E-state index contributed by atoms with van der Waals surface area (Å²) < 4.78 is 8.03. The summed E-state index contributed by atoms with van der Waals surface area (Å²) in [5.41, 5.74) is 1.94. The van der Waals surface area contributed by atoms with Gasteiger partial charge in [0.25, 0.3) is 0 Å². The van der Waals surface area contributed by atoms with Crippen LogP contribution in [0.5, 0.6) is 0 Å². The molecule has 21 heavy (non-hydrogen) atoms. The van der Waals surface area contributed by atoms with E-state index in [-0.39, 0.29) is 6.04 Å². The SMILES string of the molecule is CNC(c1cc2cc(Cl)ccc2o1)c1cc(Br)ccc1Br. The first-order valence-corrected chi connectivity index (χ1v) is 8.36. The van der Waals surface area contributed by atoms with Gasteiger partial charge in [-0.1, -0.05) is 43.5 Å². The minimum Gasteiger partial charge on any atom is -0.459 e. The van der Waals surface area contributed by atoms with Gasteiger partial charge < -0.3 is 9.73 Å². The molecule has 0 radical (unpaired) electrons. The van der Waals surface area contributed by atoms with E-state index in [0.29, 0.717) is 5.02 Å². The Morgan fingerprint density at radius 1 is 1.10 bits per heavy atom. The average molecular weight is 430 g/mol. The molecule has 0 spiro atoms. The van der Waals surface area contributed by atoms with Crippen LogP contribution < -0.4 is 5.32 Å². The molecule has 1 aromatic heterocycles. The smallest absolute Gasteiger partial charge is 0.134 e. The maximum absolute atomic E-state index is 6.03. The first-order valence-electron chi connectivity index (χ1n) is 6.39. The predicted molar refractivity (Wildman–Crippen MR) is 94.0 cm³/mol. The minimum absolute atomic E-state index is 0.0388. The number of hydrogen-bond donors (Lipinski definition) is 1. The van der Waals surface area contributed by atoms with Gasteiger partial charge in [0.15, 0.2) is 0 Å². The molecule has 2 aromatic carbocycles. The zero-order valence-corrected chi connectivity index (χ0v) is 15.1. The second-order valence-corrected chi connectivity index (χ2v) is 6.92. The third kappa shape index (κ3) is 3.04. The number of fused-ring (bicyclic) bond motifs is 1. The van der Waals surface area contributed by atoms with Gasteiger partial charge in [0.2, 0.25) is 0 Å². The average Bonchev–Trinajstić information content (AvgIpc) is 2.86. The molecular formula is C16H12Br2ClNO. The highest BCUT2D eigenvalue weighted by molar-refractivity contribution is 9.11. The molecule has 0 bridgehead atoms. The molecule has 1 unspecified atom stereocenters. The molecule has 2 nitrogen and oxygen atoms in total. The molecule has 1 atom stereocenters. The Kier molecular flexibility index (Phi) is 4.41. The van der Waals surface area contributed by atoms with E-state index >= 15 is 0 Å². The van der Waals surface area contributed by atoms with Crippen LogP contribution in [0.2, 0.25) is 5.02 Å². The molecule has 0 aliphatic carbocycles. The Labute approximate surface area is 144 Å². The topological polar surface area (TPSA) is 25.2 Å². The van der Waals surface area contributed by atoms with Crippen LogP contribution in [0.15, 0.2) is 55.8 Å². The Hall–Kier alpha value is -0.810. The summed E-state index contributed by atoms with van der Waals surface area (Å²) in [6, 6.07) is 13.7. The monoisotopic (exact) mass is 427 g/mol. The second kappa shape index (κ2) is 6.13. The summed E-state index contributed by atoms with van der Waals surface area (Å²) in [4.78, 5) is 0. The Morgan fingerprint density at radius 3 is 2.67 bits per heavy atom. The lowest BCUT2D eigenvalue weighted by Gasteiger charge is -2.16. The van der Waals surface area contributed by atoms with Crippen LogP contribution in [0.1, 0.15) is 17.4 Å². The van der Waals surface area contributed by atoms with Gasteiger partial charge in [-0.05, 0) is 55.1 Å². The van der Waals surface area contributed by atoms with Crippen molar-refractivity contribution >= 4 is 54.4 Å². The van der Waals surface area contributed by atoms with Gasteiger partial charge in [0.1, 0.15) is 11.3 Å². The van der Waals surface area contributed by atoms with Gasteiger partial charge in [-0.3, -0.25) is 0 Å². The van der Waals surface area contributed by atoms with E-state index in [2.05, 4.69) is 43.2 Å². The molecule has 5 heteroatoms. The van der Waals surface area contributed by atoms with Crippen molar-refractivity contribution in [2.45, 2.75) is 6.04 Å². The van der Waals surface area contributed by atoms with Crippen LogP contribution in [-0.2, 0) is 0 Å². The second-order valence-electron chi connectivity index (χ2n) is 4.72. The van der Waals surface area contributed by atoms with Crippen molar-refractivity contribution in [3.05, 3.63) is 67.8 Å². The summed E-state index contributed by atoms with van der Waals surface area (Å²) >= 11 is 13.1. The van der Waals surface area contributed by atoms with Gasteiger partial charge in [0, 0.05) is 19.4 Å². The highest BCUT2D eigenvalue weighted by atomic mass is 79.9. The molecule has 1 N–H and O–H groups in total. The molecule has 0 fully saturated rings. The molecule has 3 rings (SSSR count). The maximum Gasteiger partial charge on any atom is 0.134 e. The fourth-order valence-corrected chi connectivity index (χ4v) is 3.40. The molecule has 1 heterocycles. The van der Waals surface area contributed by atoms with Crippen molar-refractivity contribution in [3.63, 3.8) is 0 Å². The van der Waals surface area contributed by atoms with Crippen LogP contribution in [-0.4, -0.2) is 7.05 Å². The van der Waals surface area contributed by atoms with E-state index in [4.69, 9.17) is 16.0 Å². The van der Waals surface area contributed by atoms with E-state index in [1.165, 1.54) is 0 Å². The van der Waals surface area contributed by atoms with Crippen molar-refractivity contribution < 1.29 is 4.42 Å².